The molecule has 1 aliphatic rings. The summed E-state index contributed by atoms with van der Waals surface area (Å²) in [5.41, 5.74) is 9.56. The van der Waals surface area contributed by atoms with Crippen molar-refractivity contribution < 1.29 is 19.5 Å². The fraction of sp³-hybridized carbons (Fsp3) is 0.381. The number of nitrogens with one attached hydrogen (secondary N) is 2. The Kier molecular flexibility index (Phi) is 7.11. The zero-order valence-corrected chi connectivity index (χ0v) is 18.2. The van der Waals surface area contributed by atoms with Crippen LogP contribution in [0.25, 0.3) is 11.3 Å². The van der Waals surface area contributed by atoms with Gasteiger partial charge in [-0.15, -0.1) is 11.8 Å². The van der Waals surface area contributed by atoms with Gasteiger partial charge < -0.3 is 21.5 Å². The molecule has 1 atom stereocenters. The topological polar surface area (TPSA) is 147 Å². The second-order valence-corrected chi connectivity index (χ2v) is 8.50. The number of aliphatic carboxylic acids is 1. The number of rotatable bonds is 1. The molecule has 31 heavy (non-hydrogen) atoms. The third-order valence-electron chi connectivity index (χ3n) is 4.98. The minimum absolute atomic E-state index is 0.0966. The van der Waals surface area contributed by atoms with Gasteiger partial charge in [0, 0.05) is 29.8 Å². The van der Waals surface area contributed by atoms with E-state index in [0.29, 0.717) is 35.0 Å². The molecule has 0 saturated carbocycles. The van der Waals surface area contributed by atoms with Gasteiger partial charge in [-0.2, -0.15) is 0 Å². The number of hydrogen-bond acceptors (Lipinski definition) is 7. The molecule has 2 aromatic rings. The third kappa shape index (κ3) is 5.72. The Balaban J connectivity index is 1.98. The zero-order valence-electron chi connectivity index (χ0n) is 17.4. The van der Waals surface area contributed by atoms with E-state index in [0.717, 1.165) is 16.7 Å². The average molecular weight is 444 g/mol. The minimum atomic E-state index is -1.10. The molecule has 2 amide bonds. The molecule has 0 saturated heterocycles. The number of carbonyl (C=O) groups excluding carboxylic acids is 2. The number of fused-ring (bicyclic) bond motifs is 5. The molecule has 1 aromatic carbocycles. The summed E-state index contributed by atoms with van der Waals surface area (Å²) in [7, 11) is 0. The fourth-order valence-electron chi connectivity index (χ4n) is 3.40. The molecule has 1 aliphatic heterocycles. The van der Waals surface area contributed by atoms with Crippen LogP contribution in [-0.4, -0.2) is 51.2 Å². The summed E-state index contributed by atoms with van der Waals surface area (Å²) >= 11 is 1.33. The summed E-state index contributed by atoms with van der Waals surface area (Å²) in [6, 6.07) is 4.49. The number of carboxylic acids is 1. The maximum Gasteiger partial charge on any atom is 0.326 e. The first-order valence-electron chi connectivity index (χ1n) is 9.94. The highest BCUT2D eigenvalue weighted by molar-refractivity contribution is 7.99. The monoisotopic (exact) mass is 443 g/mol. The number of benzene rings is 1. The molecule has 3 rings (SSSR count). The lowest BCUT2D eigenvalue weighted by molar-refractivity contribution is -0.142. The molecule has 0 aliphatic carbocycles. The second-order valence-electron chi connectivity index (χ2n) is 7.39. The van der Waals surface area contributed by atoms with Crippen LogP contribution >= 0.6 is 11.8 Å². The highest BCUT2D eigenvalue weighted by Crippen LogP contribution is 2.29. The molecule has 9 nitrogen and oxygen atoms in total. The Morgan fingerprint density at radius 2 is 1.90 bits per heavy atom. The van der Waals surface area contributed by atoms with Crippen molar-refractivity contribution in [2.75, 3.05) is 18.0 Å². The number of nitrogen functional groups attached to an aromatic ring is 1. The number of aromatic nitrogens is 2. The normalized spacial score (nSPS) is 17.9. The maximum atomic E-state index is 12.8. The number of hydrogen-bond donors (Lipinski definition) is 4. The minimum Gasteiger partial charge on any atom is -0.480 e. The summed E-state index contributed by atoms with van der Waals surface area (Å²) in [4.78, 5) is 44.9. The molecule has 0 radical (unpaired) electrons. The molecule has 0 unspecified atom stereocenters. The average Bonchev–Trinajstić information content (AvgIpc) is 2.69. The van der Waals surface area contributed by atoms with E-state index < -0.39 is 12.0 Å². The first-order chi connectivity index (χ1) is 14.7. The van der Waals surface area contributed by atoms with Gasteiger partial charge in [0.2, 0.25) is 11.9 Å². The molecule has 10 heteroatoms. The smallest absolute Gasteiger partial charge is 0.326 e. The number of thioether (sulfide) groups is 1. The predicted octanol–water partition coefficient (Wildman–Crippen LogP) is 1.92. The Hall–Kier alpha value is -3.14. The zero-order chi connectivity index (χ0) is 22.5. The third-order valence-corrected chi connectivity index (χ3v) is 5.89. The van der Waals surface area contributed by atoms with Crippen LogP contribution in [0.3, 0.4) is 0 Å². The van der Waals surface area contributed by atoms with Crippen LogP contribution in [0.4, 0.5) is 5.95 Å². The van der Waals surface area contributed by atoms with Gasteiger partial charge in [0.05, 0.1) is 5.69 Å². The summed E-state index contributed by atoms with van der Waals surface area (Å²) in [6.45, 7) is 4.09. The number of carbonyl (C=O) groups is 3. The van der Waals surface area contributed by atoms with Gasteiger partial charge in [0.1, 0.15) is 11.1 Å². The Labute approximate surface area is 184 Å². The number of aryl methyl sites for hydroxylation is 2. The number of amides is 2. The SMILES string of the molecule is Cc1cc(C)c2cc1C(=O)NCCC[C@@H](C(=O)O)NC(=O)CCSc1cc-2nc(N)n1. The van der Waals surface area contributed by atoms with Gasteiger partial charge >= 0.3 is 5.97 Å². The largest absolute Gasteiger partial charge is 0.480 e. The lowest BCUT2D eigenvalue weighted by atomic mass is 9.97. The number of anilines is 1. The molecule has 4 bridgehead atoms. The van der Waals surface area contributed by atoms with Crippen molar-refractivity contribution in [1.29, 1.82) is 0 Å². The summed E-state index contributed by atoms with van der Waals surface area (Å²) in [6.07, 6.45) is 0.770. The number of carboxylic acid groups (broad SMARTS) is 1. The molecular weight excluding hydrogens is 418 g/mol. The lowest BCUT2D eigenvalue weighted by Crippen LogP contribution is -2.41. The van der Waals surface area contributed by atoms with E-state index in [9.17, 15) is 19.5 Å². The molecule has 5 N–H and O–H groups in total. The van der Waals surface area contributed by atoms with Crippen LogP contribution in [0.1, 0.15) is 40.7 Å². The highest BCUT2D eigenvalue weighted by Gasteiger charge is 2.20. The maximum absolute atomic E-state index is 12.8. The Bertz CT molecular complexity index is 1030. The summed E-state index contributed by atoms with van der Waals surface area (Å²) < 4.78 is 0. The molecule has 164 valence electrons. The van der Waals surface area contributed by atoms with E-state index in [1.54, 1.807) is 12.1 Å². The van der Waals surface area contributed by atoms with E-state index in [4.69, 9.17) is 5.73 Å². The van der Waals surface area contributed by atoms with E-state index in [1.807, 2.05) is 19.9 Å². The van der Waals surface area contributed by atoms with Crippen LogP contribution in [0.2, 0.25) is 0 Å². The highest BCUT2D eigenvalue weighted by atomic mass is 32.2. The molecule has 0 spiro atoms. The van der Waals surface area contributed by atoms with Gasteiger partial charge in [-0.3, -0.25) is 9.59 Å². The summed E-state index contributed by atoms with van der Waals surface area (Å²) in [5, 5.41) is 15.3. The quantitative estimate of drug-likeness (QED) is 0.489. The van der Waals surface area contributed by atoms with E-state index in [1.165, 1.54) is 11.8 Å². The number of nitrogens with two attached hydrogens (primary N) is 1. The standard InChI is InChI=1S/C21H25N5O4S/c1-11-8-12(2)14-9-13(11)16-10-18(26-21(22)25-16)31-7-5-17(27)24-15(20(29)30)4-3-6-23-19(14)28/h8-10,15H,3-7H2,1-2H3,(H,23,28)(H,24,27)(H,29,30)(H2,22,25,26)/t15-/m0/s1. The Morgan fingerprint density at radius 3 is 2.65 bits per heavy atom. The molecule has 0 fully saturated rings. The van der Waals surface area contributed by atoms with Gasteiger partial charge in [-0.25, -0.2) is 14.8 Å². The van der Waals surface area contributed by atoms with Gasteiger partial charge in [0.25, 0.3) is 5.91 Å². The lowest BCUT2D eigenvalue weighted by Gasteiger charge is -2.15. The van der Waals surface area contributed by atoms with Crippen molar-refractivity contribution in [1.82, 2.24) is 20.6 Å². The van der Waals surface area contributed by atoms with Crippen molar-refractivity contribution in [3.63, 3.8) is 0 Å². The van der Waals surface area contributed by atoms with Crippen molar-refractivity contribution in [3.05, 3.63) is 34.9 Å². The van der Waals surface area contributed by atoms with Crippen molar-refractivity contribution >= 4 is 35.5 Å². The predicted molar refractivity (Wildman–Crippen MR) is 118 cm³/mol. The van der Waals surface area contributed by atoms with Crippen LogP contribution in [-0.2, 0) is 9.59 Å². The Morgan fingerprint density at radius 1 is 1.16 bits per heavy atom. The van der Waals surface area contributed by atoms with Gasteiger partial charge in [0.15, 0.2) is 0 Å². The first-order valence-corrected chi connectivity index (χ1v) is 10.9. The van der Waals surface area contributed by atoms with Gasteiger partial charge in [-0.05, 0) is 49.9 Å². The van der Waals surface area contributed by atoms with Crippen LogP contribution in [0.5, 0.6) is 0 Å². The summed E-state index contributed by atoms with van der Waals surface area (Å²) in [5.74, 6) is -1.20. The molecule has 1 aromatic heterocycles. The van der Waals surface area contributed by atoms with Crippen LogP contribution in [0.15, 0.2) is 23.2 Å². The first kappa shape index (κ1) is 22.5. The van der Waals surface area contributed by atoms with E-state index in [-0.39, 0.29) is 30.6 Å². The second kappa shape index (κ2) is 9.78. The number of nitrogens with zero attached hydrogens (tertiary/aromatic N) is 2. The molecule has 2 heterocycles. The van der Waals surface area contributed by atoms with Crippen molar-refractivity contribution in [2.24, 2.45) is 0 Å². The van der Waals surface area contributed by atoms with Crippen LogP contribution < -0.4 is 16.4 Å². The van der Waals surface area contributed by atoms with Gasteiger partial charge in [-0.1, -0.05) is 6.07 Å². The van der Waals surface area contributed by atoms with Crippen molar-refractivity contribution in [3.8, 4) is 11.3 Å². The van der Waals surface area contributed by atoms with Crippen molar-refractivity contribution in [2.45, 2.75) is 44.2 Å². The molecular formula is C21H25N5O4S. The van der Waals surface area contributed by atoms with E-state index >= 15 is 0 Å². The fourth-order valence-corrected chi connectivity index (χ4v) is 4.25. The van der Waals surface area contributed by atoms with E-state index in [2.05, 4.69) is 20.6 Å². The van der Waals surface area contributed by atoms with Crippen LogP contribution in [0, 0.1) is 13.8 Å².